The molecule has 0 aliphatic rings. The molecule has 1 aromatic heterocycles. The minimum Gasteiger partial charge on any atom is -0.350 e. The van der Waals surface area contributed by atoms with E-state index in [4.69, 9.17) is 0 Å². The molecule has 0 saturated carbocycles. The number of para-hydroxylation sites is 1. The number of aryl methyl sites for hydroxylation is 1. The van der Waals surface area contributed by atoms with Crippen molar-refractivity contribution in [2.24, 2.45) is 7.05 Å². The number of nitrogens with zero attached hydrogens (tertiary/aromatic N) is 1. The summed E-state index contributed by atoms with van der Waals surface area (Å²) in [4.78, 5) is 0. The number of fused-ring (bicyclic) bond motifs is 1. The average molecular weight is 222 g/mol. The first-order chi connectivity index (χ1) is 6.97. The maximum absolute atomic E-state index is 11.1. The lowest BCUT2D eigenvalue weighted by Gasteiger charge is -1.95. The predicted octanol–water partition coefficient (Wildman–Crippen LogP) is 1.88. The summed E-state index contributed by atoms with van der Waals surface area (Å²) >= 11 is 0. The Labute approximate surface area is 89.3 Å². The molecular formula is C11H12NO2S. The minimum atomic E-state index is -3.22. The number of sulfone groups is 1. The number of benzene rings is 1. The topological polar surface area (TPSA) is 39.1 Å². The lowest BCUT2D eigenvalue weighted by molar-refractivity contribution is 0.603. The highest BCUT2D eigenvalue weighted by molar-refractivity contribution is 7.91. The Morgan fingerprint density at radius 3 is 2.67 bits per heavy atom. The molecule has 0 saturated heterocycles. The molecule has 0 amide bonds. The fourth-order valence-electron chi connectivity index (χ4n) is 1.78. The zero-order valence-electron chi connectivity index (χ0n) is 8.47. The standard InChI is InChI=1S/C11H12NO2S/c1-12-7-9(8-15(2,13)14)10-5-3-4-6-11(10)12/h3-7H,2,8H2,1H3. The molecule has 0 N–H and O–H groups in total. The normalized spacial score (nSPS) is 12.1. The summed E-state index contributed by atoms with van der Waals surface area (Å²) in [5.41, 5.74) is 1.85. The van der Waals surface area contributed by atoms with Gasteiger partial charge in [0.1, 0.15) is 0 Å². The fraction of sp³-hybridized carbons (Fsp3) is 0.182. The molecule has 1 heterocycles. The van der Waals surface area contributed by atoms with E-state index < -0.39 is 9.84 Å². The van der Waals surface area contributed by atoms with Gasteiger partial charge >= 0.3 is 0 Å². The van der Waals surface area contributed by atoms with Crippen LogP contribution in [0.5, 0.6) is 0 Å². The molecule has 0 spiro atoms. The molecule has 15 heavy (non-hydrogen) atoms. The molecule has 0 fully saturated rings. The summed E-state index contributed by atoms with van der Waals surface area (Å²) in [6, 6.07) is 7.73. The van der Waals surface area contributed by atoms with E-state index in [1.54, 1.807) is 0 Å². The number of aromatic nitrogens is 1. The van der Waals surface area contributed by atoms with Gasteiger partial charge in [0.05, 0.1) is 12.0 Å². The van der Waals surface area contributed by atoms with E-state index in [2.05, 4.69) is 6.26 Å². The van der Waals surface area contributed by atoms with Crippen molar-refractivity contribution in [1.82, 2.24) is 4.57 Å². The van der Waals surface area contributed by atoms with Crippen LogP contribution in [0.25, 0.3) is 10.9 Å². The largest absolute Gasteiger partial charge is 0.350 e. The Bertz CT molecular complexity index is 596. The van der Waals surface area contributed by atoms with Crippen molar-refractivity contribution in [3.63, 3.8) is 0 Å². The van der Waals surface area contributed by atoms with E-state index in [1.165, 1.54) is 0 Å². The van der Waals surface area contributed by atoms with Crippen LogP contribution in [0.4, 0.5) is 0 Å². The van der Waals surface area contributed by atoms with E-state index in [-0.39, 0.29) is 5.75 Å². The van der Waals surface area contributed by atoms with Crippen molar-refractivity contribution < 1.29 is 8.42 Å². The van der Waals surface area contributed by atoms with Crippen molar-refractivity contribution >= 4 is 20.7 Å². The Morgan fingerprint density at radius 2 is 2.00 bits per heavy atom. The molecule has 0 bridgehead atoms. The third-order valence-corrected chi connectivity index (χ3v) is 3.11. The summed E-state index contributed by atoms with van der Waals surface area (Å²) in [6.45, 7) is 0. The van der Waals surface area contributed by atoms with Crippen molar-refractivity contribution in [1.29, 1.82) is 0 Å². The van der Waals surface area contributed by atoms with Crippen LogP contribution in [0.3, 0.4) is 0 Å². The van der Waals surface area contributed by atoms with Gasteiger partial charge in [0.2, 0.25) is 0 Å². The summed E-state index contributed by atoms with van der Waals surface area (Å²) < 4.78 is 24.2. The smallest absolute Gasteiger partial charge is 0.155 e. The van der Waals surface area contributed by atoms with Gasteiger partial charge in [0.15, 0.2) is 9.84 Å². The monoisotopic (exact) mass is 222 g/mol. The number of hydrogen-bond donors (Lipinski definition) is 0. The second-order valence-corrected chi connectivity index (χ2v) is 5.45. The Morgan fingerprint density at radius 1 is 1.33 bits per heavy atom. The molecular weight excluding hydrogens is 210 g/mol. The van der Waals surface area contributed by atoms with E-state index in [9.17, 15) is 8.42 Å². The highest BCUT2D eigenvalue weighted by atomic mass is 32.2. The lowest BCUT2D eigenvalue weighted by Crippen LogP contribution is -1.97. The summed E-state index contributed by atoms with van der Waals surface area (Å²) in [5.74, 6) is -0.00560. The average Bonchev–Trinajstić information content (AvgIpc) is 2.42. The van der Waals surface area contributed by atoms with Gasteiger partial charge in [-0.05, 0) is 11.6 Å². The first kappa shape index (κ1) is 10.2. The molecule has 4 heteroatoms. The van der Waals surface area contributed by atoms with Crippen LogP contribution in [-0.2, 0) is 22.6 Å². The first-order valence-corrected chi connectivity index (χ1v) is 6.38. The van der Waals surface area contributed by atoms with Crippen molar-refractivity contribution in [2.75, 3.05) is 0 Å². The first-order valence-electron chi connectivity index (χ1n) is 4.56. The molecule has 1 aromatic carbocycles. The Kier molecular flexibility index (Phi) is 2.31. The fourth-order valence-corrected chi connectivity index (χ4v) is 2.48. The molecule has 2 rings (SSSR count). The van der Waals surface area contributed by atoms with Crippen molar-refractivity contribution in [3.8, 4) is 0 Å². The van der Waals surface area contributed by atoms with Crippen LogP contribution in [0.15, 0.2) is 30.5 Å². The molecule has 79 valence electrons. The van der Waals surface area contributed by atoms with Crippen molar-refractivity contribution in [3.05, 3.63) is 42.3 Å². The van der Waals surface area contributed by atoms with Crippen LogP contribution < -0.4 is 0 Å². The van der Waals surface area contributed by atoms with E-state index in [0.717, 1.165) is 16.5 Å². The number of hydrogen-bond acceptors (Lipinski definition) is 2. The van der Waals surface area contributed by atoms with Gasteiger partial charge < -0.3 is 4.57 Å². The van der Waals surface area contributed by atoms with Gasteiger partial charge in [0, 0.05) is 24.1 Å². The minimum absolute atomic E-state index is 0.00560. The Balaban J connectivity index is 2.62. The van der Waals surface area contributed by atoms with Gasteiger partial charge in [0.25, 0.3) is 0 Å². The van der Waals surface area contributed by atoms with Crippen molar-refractivity contribution in [2.45, 2.75) is 5.75 Å². The molecule has 2 aromatic rings. The van der Waals surface area contributed by atoms with E-state index in [0.29, 0.717) is 0 Å². The molecule has 0 atom stereocenters. The Hall–Kier alpha value is -1.29. The third-order valence-electron chi connectivity index (χ3n) is 2.35. The molecule has 0 aliphatic heterocycles. The maximum atomic E-state index is 11.1. The van der Waals surface area contributed by atoms with Gasteiger partial charge in [-0.1, -0.05) is 18.2 Å². The highest BCUT2D eigenvalue weighted by Gasteiger charge is 2.10. The second-order valence-electron chi connectivity index (χ2n) is 3.67. The van der Waals surface area contributed by atoms with Crippen LogP contribution >= 0.6 is 0 Å². The molecule has 1 radical (unpaired) electrons. The van der Waals surface area contributed by atoms with E-state index >= 15 is 0 Å². The SMILES string of the molecule is [CH2]S(=O)(=O)Cc1cn(C)c2ccccc12. The predicted molar refractivity (Wildman–Crippen MR) is 60.9 cm³/mol. The summed E-state index contributed by atoms with van der Waals surface area (Å²) in [6.07, 6.45) is 4.99. The second kappa shape index (κ2) is 3.38. The molecule has 0 unspecified atom stereocenters. The molecule has 3 nitrogen and oxygen atoms in total. The number of rotatable bonds is 2. The van der Waals surface area contributed by atoms with Gasteiger partial charge in [-0.25, -0.2) is 8.42 Å². The quantitative estimate of drug-likeness (QED) is 0.778. The summed E-state index contributed by atoms with van der Waals surface area (Å²) in [5, 5.41) is 0.979. The van der Waals surface area contributed by atoms with Crippen LogP contribution in [0.2, 0.25) is 0 Å². The molecule has 0 aliphatic carbocycles. The lowest BCUT2D eigenvalue weighted by atomic mass is 10.2. The van der Waals surface area contributed by atoms with Gasteiger partial charge in [-0.2, -0.15) is 0 Å². The van der Waals surface area contributed by atoms with E-state index in [1.807, 2.05) is 42.1 Å². The van der Waals surface area contributed by atoms with Crippen LogP contribution in [0.1, 0.15) is 5.56 Å². The van der Waals surface area contributed by atoms with Gasteiger partial charge in [-0.3, -0.25) is 0 Å². The highest BCUT2D eigenvalue weighted by Crippen LogP contribution is 2.21. The third kappa shape index (κ3) is 2.04. The van der Waals surface area contributed by atoms with Crippen LogP contribution in [-0.4, -0.2) is 13.0 Å². The maximum Gasteiger partial charge on any atom is 0.155 e. The van der Waals surface area contributed by atoms with Crippen LogP contribution in [0, 0.1) is 6.26 Å². The zero-order chi connectivity index (χ0) is 11.1. The van der Waals surface area contributed by atoms with Gasteiger partial charge in [-0.15, -0.1) is 0 Å². The zero-order valence-corrected chi connectivity index (χ0v) is 9.29. The summed E-state index contributed by atoms with van der Waals surface area (Å²) in [7, 11) is -1.31.